The molecule has 74 valence electrons. The summed E-state index contributed by atoms with van der Waals surface area (Å²) in [6.07, 6.45) is 0. The topological polar surface area (TPSA) is 0 Å². The number of quaternary nitrogens is 1. The third-order valence-electron chi connectivity index (χ3n) is 3.18. The molecule has 0 rings (SSSR count). The van der Waals surface area contributed by atoms with Gasteiger partial charge in [0.05, 0.1) is 19.1 Å². The van der Waals surface area contributed by atoms with E-state index >= 15 is 0 Å². The Morgan fingerprint density at radius 3 is 1.50 bits per heavy atom. The number of hydrogen-bond acceptors (Lipinski definition) is 0. The molecule has 0 aliphatic heterocycles. The fraction of sp³-hybridized carbons (Fsp3) is 1.00. The Labute approximate surface area is 85.9 Å². The Bertz CT molecular complexity index is 131. The lowest BCUT2D eigenvalue weighted by Gasteiger charge is -2.49. The third kappa shape index (κ3) is 2.02. The minimum Gasteiger partial charge on any atom is -0.309 e. The first-order valence-corrected chi connectivity index (χ1v) is 5.67. The van der Waals surface area contributed by atoms with Crippen LogP contribution < -0.4 is 0 Å². The molecule has 0 aromatic carbocycles. The monoisotopic (exact) mass is 236 g/mol. The smallest absolute Gasteiger partial charge is 0.148 e. The molecule has 0 unspecified atom stereocenters. The molecule has 0 saturated heterocycles. The zero-order chi connectivity index (χ0) is 9.99. The van der Waals surface area contributed by atoms with E-state index < -0.39 is 0 Å². The van der Waals surface area contributed by atoms with E-state index in [-0.39, 0.29) is 4.45 Å². The second-order valence-electron chi connectivity index (χ2n) is 4.17. The van der Waals surface area contributed by atoms with Gasteiger partial charge in [0.15, 0.2) is 0 Å². The molecule has 0 heterocycles. The van der Waals surface area contributed by atoms with Gasteiger partial charge in [-0.15, -0.1) is 0 Å². The molecule has 1 nitrogen and oxygen atoms in total. The maximum atomic E-state index is 3.80. The Balaban J connectivity index is 4.83. The summed E-state index contributed by atoms with van der Waals surface area (Å²) < 4.78 is 1.32. The summed E-state index contributed by atoms with van der Waals surface area (Å²) in [5.41, 5.74) is 0. The van der Waals surface area contributed by atoms with Gasteiger partial charge in [-0.1, -0.05) is 0 Å². The normalized spacial score (nSPS) is 14.0. The van der Waals surface area contributed by atoms with Crippen molar-refractivity contribution < 1.29 is 4.48 Å². The Morgan fingerprint density at radius 2 is 1.50 bits per heavy atom. The van der Waals surface area contributed by atoms with Crippen LogP contribution in [0.4, 0.5) is 0 Å². The molecule has 2 heteroatoms. The first-order chi connectivity index (χ1) is 5.31. The molecule has 0 fully saturated rings. The van der Waals surface area contributed by atoms with E-state index in [4.69, 9.17) is 0 Å². The molecule has 0 saturated carbocycles. The second-order valence-corrected chi connectivity index (χ2v) is 6.11. The summed E-state index contributed by atoms with van der Waals surface area (Å²) in [6, 6.07) is 0.675. The van der Waals surface area contributed by atoms with Gasteiger partial charge in [-0.05, 0) is 43.6 Å². The summed E-state index contributed by atoms with van der Waals surface area (Å²) in [5, 5.41) is 0. The Kier molecular flexibility index (Phi) is 4.25. The van der Waals surface area contributed by atoms with Gasteiger partial charge in [0, 0.05) is 13.8 Å². The van der Waals surface area contributed by atoms with Crippen molar-refractivity contribution >= 4 is 15.9 Å². The van der Waals surface area contributed by atoms with E-state index in [0.717, 1.165) is 4.48 Å². The van der Waals surface area contributed by atoms with E-state index in [1.165, 1.54) is 13.1 Å². The first-order valence-electron chi connectivity index (χ1n) is 4.87. The van der Waals surface area contributed by atoms with E-state index in [0.29, 0.717) is 6.04 Å². The minimum atomic E-state index is 0.185. The zero-order valence-electron chi connectivity index (χ0n) is 9.32. The summed E-state index contributed by atoms with van der Waals surface area (Å²) in [6.45, 7) is 16.0. The summed E-state index contributed by atoms with van der Waals surface area (Å²) in [4.78, 5) is 0. The molecule has 0 atom stereocenters. The fourth-order valence-electron chi connectivity index (χ4n) is 2.32. The quantitative estimate of drug-likeness (QED) is 0.399. The summed E-state index contributed by atoms with van der Waals surface area (Å²) in [5.74, 6) is 0. The van der Waals surface area contributed by atoms with Gasteiger partial charge >= 0.3 is 0 Å². The van der Waals surface area contributed by atoms with Crippen LogP contribution in [0.5, 0.6) is 0 Å². The van der Waals surface area contributed by atoms with Crippen molar-refractivity contribution in [3.63, 3.8) is 0 Å². The zero-order valence-corrected chi connectivity index (χ0v) is 10.9. The highest BCUT2D eigenvalue weighted by Gasteiger charge is 2.41. The molecular formula is C10H23BrN+. The van der Waals surface area contributed by atoms with Gasteiger partial charge < -0.3 is 4.48 Å². The molecule has 0 bridgehead atoms. The first kappa shape index (κ1) is 12.4. The standard InChI is InChI=1S/C10H23BrN/c1-7-12(8-2,9(3)4)10(5,6)11/h9H,7-8H2,1-6H3/q+1. The largest absolute Gasteiger partial charge is 0.309 e. The Hall–Kier alpha value is 0.440. The highest BCUT2D eigenvalue weighted by molar-refractivity contribution is 9.10. The number of alkyl halides is 1. The lowest BCUT2D eigenvalue weighted by atomic mass is 10.1. The number of rotatable bonds is 4. The average molecular weight is 237 g/mol. The van der Waals surface area contributed by atoms with Crippen LogP contribution in [0.1, 0.15) is 41.5 Å². The van der Waals surface area contributed by atoms with Crippen LogP contribution in [-0.4, -0.2) is 28.1 Å². The average Bonchev–Trinajstić information content (AvgIpc) is 1.87. The van der Waals surface area contributed by atoms with Gasteiger partial charge in [-0.3, -0.25) is 0 Å². The SMILES string of the molecule is CC[N+](CC)(C(C)C)C(C)(C)Br. The molecular weight excluding hydrogens is 214 g/mol. The van der Waals surface area contributed by atoms with Crippen molar-refractivity contribution in [2.24, 2.45) is 0 Å². The van der Waals surface area contributed by atoms with Gasteiger partial charge in [-0.25, -0.2) is 0 Å². The molecule has 0 aromatic heterocycles. The fourth-order valence-corrected chi connectivity index (χ4v) is 3.23. The molecule has 0 N–H and O–H groups in total. The Morgan fingerprint density at radius 1 is 1.17 bits per heavy atom. The maximum absolute atomic E-state index is 3.80. The van der Waals surface area contributed by atoms with Crippen LogP contribution >= 0.6 is 15.9 Å². The number of halogens is 1. The number of nitrogens with zero attached hydrogens (tertiary/aromatic N) is 1. The van der Waals surface area contributed by atoms with Crippen LogP contribution in [0, 0.1) is 0 Å². The van der Waals surface area contributed by atoms with Crippen LogP contribution in [0.15, 0.2) is 0 Å². The predicted molar refractivity (Wildman–Crippen MR) is 59.5 cm³/mol. The van der Waals surface area contributed by atoms with Gasteiger partial charge in [0.25, 0.3) is 0 Å². The van der Waals surface area contributed by atoms with Gasteiger partial charge in [0.1, 0.15) is 4.45 Å². The van der Waals surface area contributed by atoms with Crippen LogP contribution in [0.3, 0.4) is 0 Å². The van der Waals surface area contributed by atoms with Crippen molar-refractivity contribution in [2.45, 2.75) is 52.0 Å². The predicted octanol–water partition coefficient (Wildman–Crippen LogP) is 3.38. The highest BCUT2D eigenvalue weighted by atomic mass is 79.9. The van der Waals surface area contributed by atoms with Crippen molar-refractivity contribution in [1.82, 2.24) is 0 Å². The third-order valence-corrected chi connectivity index (χ3v) is 3.88. The second kappa shape index (κ2) is 4.10. The summed E-state index contributed by atoms with van der Waals surface area (Å²) >= 11 is 3.80. The van der Waals surface area contributed by atoms with Crippen LogP contribution in [0.25, 0.3) is 0 Å². The van der Waals surface area contributed by atoms with Crippen molar-refractivity contribution in [2.75, 3.05) is 13.1 Å². The molecule has 0 aliphatic rings. The van der Waals surface area contributed by atoms with Crippen LogP contribution in [0.2, 0.25) is 0 Å². The molecule has 0 aromatic rings. The highest BCUT2D eigenvalue weighted by Crippen LogP contribution is 2.33. The maximum Gasteiger partial charge on any atom is 0.148 e. The molecule has 0 amide bonds. The number of hydrogen-bond donors (Lipinski definition) is 0. The van der Waals surface area contributed by atoms with Gasteiger partial charge in [-0.2, -0.15) is 0 Å². The lowest BCUT2D eigenvalue weighted by Crippen LogP contribution is -2.62. The van der Waals surface area contributed by atoms with Crippen molar-refractivity contribution in [3.8, 4) is 0 Å². The van der Waals surface area contributed by atoms with Gasteiger partial charge in [0.2, 0.25) is 0 Å². The van der Waals surface area contributed by atoms with Crippen molar-refractivity contribution in [1.29, 1.82) is 0 Å². The molecule has 0 aliphatic carbocycles. The minimum absolute atomic E-state index is 0.185. The van der Waals surface area contributed by atoms with E-state index in [1.807, 2.05) is 0 Å². The van der Waals surface area contributed by atoms with E-state index in [9.17, 15) is 0 Å². The summed E-state index contributed by atoms with van der Waals surface area (Å²) in [7, 11) is 0. The molecule has 12 heavy (non-hydrogen) atoms. The lowest BCUT2D eigenvalue weighted by molar-refractivity contribution is -0.971. The van der Waals surface area contributed by atoms with Crippen molar-refractivity contribution in [3.05, 3.63) is 0 Å². The molecule has 0 spiro atoms. The van der Waals surface area contributed by atoms with E-state index in [1.54, 1.807) is 0 Å². The molecule has 0 radical (unpaired) electrons. The van der Waals surface area contributed by atoms with Crippen LogP contribution in [-0.2, 0) is 0 Å². The van der Waals surface area contributed by atoms with E-state index in [2.05, 4.69) is 57.5 Å².